The maximum atomic E-state index is 12.3. The molecule has 0 saturated heterocycles. The van der Waals surface area contributed by atoms with Gasteiger partial charge in [-0.3, -0.25) is 0 Å². The summed E-state index contributed by atoms with van der Waals surface area (Å²) in [5, 5.41) is 0. The Morgan fingerprint density at radius 1 is 1.38 bits per heavy atom. The molecule has 0 aliphatic heterocycles. The Balaban J connectivity index is 2.70. The maximum absolute atomic E-state index is 12.3. The van der Waals surface area contributed by atoms with E-state index >= 15 is 0 Å². The minimum absolute atomic E-state index is 0.203. The van der Waals surface area contributed by atoms with Crippen LogP contribution < -0.4 is 10.5 Å². The predicted molar refractivity (Wildman–Crippen MR) is 87.9 cm³/mol. The van der Waals surface area contributed by atoms with E-state index in [1.807, 2.05) is 11.9 Å². The van der Waals surface area contributed by atoms with Gasteiger partial charge < -0.3 is 15.4 Å². The van der Waals surface area contributed by atoms with Gasteiger partial charge in [0, 0.05) is 36.9 Å². The Morgan fingerprint density at radius 2 is 2.05 bits per heavy atom. The van der Waals surface area contributed by atoms with Crippen LogP contribution in [0.1, 0.15) is 5.56 Å². The van der Waals surface area contributed by atoms with Crippen molar-refractivity contribution in [2.24, 2.45) is 0 Å². The van der Waals surface area contributed by atoms with Crippen molar-refractivity contribution >= 4 is 31.6 Å². The van der Waals surface area contributed by atoms with Gasteiger partial charge in [-0.25, -0.2) is 13.1 Å². The van der Waals surface area contributed by atoms with Crippen LogP contribution in [0.5, 0.6) is 0 Å². The molecular weight excluding hydrogens is 358 g/mol. The van der Waals surface area contributed by atoms with E-state index < -0.39 is 10.0 Å². The van der Waals surface area contributed by atoms with Crippen molar-refractivity contribution in [3.05, 3.63) is 22.2 Å². The first-order valence-corrected chi connectivity index (χ1v) is 8.78. The quantitative estimate of drug-likeness (QED) is 0.662. The summed E-state index contributed by atoms with van der Waals surface area (Å²) in [5.74, 6) is 0. The number of anilines is 1. The van der Waals surface area contributed by atoms with E-state index in [-0.39, 0.29) is 4.90 Å². The average molecular weight is 380 g/mol. The molecule has 0 heterocycles. The number of likely N-dealkylation sites (N-methyl/N-ethyl adjacent to an activating group) is 1. The summed E-state index contributed by atoms with van der Waals surface area (Å²) in [4.78, 5) is 2.20. The second-order valence-electron chi connectivity index (χ2n) is 4.81. The van der Waals surface area contributed by atoms with Crippen molar-refractivity contribution in [3.63, 3.8) is 0 Å². The molecule has 120 valence electrons. The highest BCUT2D eigenvalue weighted by atomic mass is 79.9. The van der Waals surface area contributed by atoms with Crippen LogP contribution in [0.2, 0.25) is 0 Å². The minimum atomic E-state index is -3.57. The monoisotopic (exact) mass is 379 g/mol. The number of benzene rings is 1. The van der Waals surface area contributed by atoms with E-state index in [1.54, 1.807) is 26.2 Å². The highest BCUT2D eigenvalue weighted by Crippen LogP contribution is 2.26. The summed E-state index contributed by atoms with van der Waals surface area (Å²) in [7, 11) is -0.0218. The highest BCUT2D eigenvalue weighted by molar-refractivity contribution is 9.10. The summed E-state index contributed by atoms with van der Waals surface area (Å²) in [6, 6.07) is 3.25. The molecule has 0 saturated carbocycles. The fraction of sp³-hybridized carbons (Fsp3) is 0.538. The van der Waals surface area contributed by atoms with Gasteiger partial charge in [0.05, 0.1) is 11.5 Å². The van der Waals surface area contributed by atoms with Gasteiger partial charge in [0.1, 0.15) is 0 Å². The number of rotatable bonds is 8. The summed E-state index contributed by atoms with van der Waals surface area (Å²) in [6.07, 6.45) is 0. The fourth-order valence-electron chi connectivity index (χ4n) is 1.76. The van der Waals surface area contributed by atoms with Crippen molar-refractivity contribution in [2.45, 2.75) is 11.8 Å². The molecule has 0 aliphatic rings. The third-order valence-corrected chi connectivity index (χ3v) is 5.16. The molecule has 0 radical (unpaired) electrons. The number of nitrogen functional groups attached to an aromatic ring is 1. The van der Waals surface area contributed by atoms with Gasteiger partial charge in [-0.2, -0.15) is 0 Å². The number of nitrogens with zero attached hydrogens (tertiary/aromatic N) is 1. The molecule has 1 rings (SSSR count). The summed E-state index contributed by atoms with van der Waals surface area (Å²) < 4.78 is 32.8. The van der Waals surface area contributed by atoms with E-state index in [2.05, 4.69) is 20.7 Å². The third-order valence-electron chi connectivity index (χ3n) is 3.12. The van der Waals surface area contributed by atoms with E-state index in [4.69, 9.17) is 10.5 Å². The Morgan fingerprint density at radius 3 is 2.67 bits per heavy atom. The van der Waals surface area contributed by atoms with E-state index in [9.17, 15) is 8.42 Å². The number of halogens is 1. The number of sulfonamides is 1. The number of hydrogen-bond acceptors (Lipinski definition) is 5. The number of nitrogens with two attached hydrogens (primary N) is 1. The largest absolute Gasteiger partial charge is 0.398 e. The third kappa shape index (κ3) is 5.55. The normalized spacial score (nSPS) is 12.0. The lowest BCUT2D eigenvalue weighted by Crippen LogP contribution is -2.34. The predicted octanol–water partition coefficient (Wildman–Crippen LogP) is 1.20. The SMILES string of the molecule is COCCN(C)CCNS(=O)(=O)c1cc(Br)cc(N)c1C. The van der Waals surface area contributed by atoms with Crippen LogP contribution in [-0.2, 0) is 14.8 Å². The molecule has 6 nitrogen and oxygen atoms in total. The van der Waals surface area contributed by atoms with Crippen LogP contribution >= 0.6 is 15.9 Å². The maximum Gasteiger partial charge on any atom is 0.240 e. The molecule has 0 amide bonds. The van der Waals surface area contributed by atoms with Gasteiger partial charge in [0.25, 0.3) is 0 Å². The van der Waals surface area contributed by atoms with Gasteiger partial charge in [-0.05, 0) is 31.7 Å². The Bertz CT molecular complexity index is 578. The second-order valence-corrected chi connectivity index (χ2v) is 7.46. The molecule has 21 heavy (non-hydrogen) atoms. The Kier molecular flexibility index (Phi) is 7.08. The first kappa shape index (κ1) is 18.4. The molecule has 0 atom stereocenters. The zero-order valence-corrected chi connectivity index (χ0v) is 14.9. The Labute approximate surface area is 134 Å². The lowest BCUT2D eigenvalue weighted by molar-refractivity contribution is 0.162. The van der Waals surface area contributed by atoms with Crippen LogP contribution in [0.3, 0.4) is 0 Å². The molecule has 8 heteroatoms. The molecule has 0 bridgehead atoms. The average Bonchev–Trinajstić information content (AvgIpc) is 2.40. The minimum Gasteiger partial charge on any atom is -0.398 e. The van der Waals surface area contributed by atoms with Crippen LogP contribution in [0.4, 0.5) is 5.69 Å². The molecule has 0 unspecified atom stereocenters. The molecule has 0 spiro atoms. The Hall–Kier alpha value is -0.670. The molecule has 3 N–H and O–H groups in total. The van der Waals surface area contributed by atoms with E-state index in [0.29, 0.717) is 35.4 Å². The molecule has 1 aromatic rings. The van der Waals surface area contributed by atoms with Gasteiger partial charge >= 0.3 is 0 Å². The molecule has 1 aromatic carbocycles. The van der Waals surface area contributed by atoms with Crippen molar-refractivity contribution < 1.29 is 13.2 Å². The van der Waals surface area contributed by atoms with Gasteiger partial charge in [-0.1, -0.05) is 15.9 Å². The zero-order chi connectivity index (χ0) is 16.0. The van der Waals surface area contributed by atoms with Gasteiger partial charge in [0.2, 0.25) is 10.0 Å². The van der Waals surface area contributed by atoms with Crippen LogP contribution in [-0.4, -0.2) is 53.7 Å². The summed E-state index contributed by atoms with van der Waals surface area (Å²) >= 11 is 3.27. The number of methoxy groups -OCH3 is 1. The lowest BCUT2D eigenvalue weighted by atomic mass is 10.2. The van der Waals surface area contributed by atoms with Crippen LogP contribution in [0, 0.1) is 6.92 Å². The van der Waals surface area contributed by atoms with Crippen molar-refractivity contribution in [1.29, 1.82) is 0 Å². The molecular formula is C13H22BrN3O3S. The first-order valence-electron chi connectivity index (χ1n) is 6.50. The highest BCUT2D eigenvalue weighted by Gasteiger charge is 2.18. The smallest absolute Gasteiger partial charge is 0.240 e. The molecule has 0 aromatic heterocycles. The summed E-state index contributed by atoms with van der Waals surface area (Å²) in [5.41, 5.74) is 6.81. The van der Waals surface area contributed by atoms with Crippen LogP contribution in [0.25, 0.3) is 0 Å². The van der Waals surface area contributed by atoms with Crippen molar-refractivity contribution in [1.82, 2.24) is 9.62 Å². The lowest BCUT2D eigenvalue weighted by Gasteiger charge is -2.17. The van der Waals surface area contributed by atoms with Crippen LogP contribution in [0.15, 0.2) is 21.5 Å². The van der Waals surface area contributed by atoms with Gasteiger partial charge in [-0.15, -0.1) is 0 Å². The molecule has 0 aliphatic carbocycles. The zero-order valence-electron chi connectivity index (χ0n) is 12.5. The fourth-order valence-corrected chi connectivity index (χ4v) is 3.71. The topological polar surface area (TPSA) is 84.7 Å². The standard InChI is InChI=1S/C13H22BrN3O3S/c1-10-12(15)8-11(14)9-13(10)21(18,19)16-4-5-17(2)6-7-20-3/h8-9,16H,4-7,15H2,1-3H3. The van der Waals surface area contributed by atoms with E-state index in [1.165, 1.54) is 0 Å². The number of ether oxygens (including phenoxy) is 1. The van der Waals surface area contributed by atoms with Gasteiger partial charge in [0.15, 0.2) is 0 Å². The molecule has 0 fully saturated rings. The number of nitrogens with one attached hydrogen (secondary N) is 1. The number of hydrogen-bond donors (Lipinski definition) is 2. The second kappa shape index (κ2) is 8.09. The summed E-state index contributed by atoms with van der Waals surface area (Å²) in [6.45, 7) is 3.99. The van der Waals surface area contributed by atoms with E-state index in [0.717, 1.165) is 6.54 Å². The first-order chi connectivity index (χ1) is 9.77. The van der Waals surface area contributed by atoms with Crippen molar-refractivity contribution in [2.75, 3.05) is 46.1 Å². The van der Waals surface area contributed by atoms with Crippen molar-refractivity contribution in [3.8, 4) is 0 Å².